The second-order valence-electron chi connectivity index (χ2n) is 16.1. The molecule has 0 amide bonds. The Morgan fingerprint density at radius 3 is 1.58 bits per heavy atom. The van der Waals surface area contributed by atoms with Crippen LogP contribution in [0.5, 0.6) is 0 Å². The average Bonchev–Trinajstić information content (AvgIpc) is 3.87. The molecule has 0 unspecified atom stereocenters. The summed E-state index contributed by atoms with van der Waals surface area (Å²) in [6, 6.07) is 6.92. The minimum absolute atomic E-state index is 0. The Hall–Kier alpha value is -3.97. The first-order valence-corrected chi connectivity index (χ1v) is 26.7. The maximum absolute atomic E-state index is 11.4. The summed E-state index contributed by atoms with van der Waals surface area (Å²) >= 11 is 1.68. The number of imidazole rings is 1. The molecule has 64 heavy (non-hydrogen) atoms. The predicted molar refractivity (Wildman–Crippen MR) is 268 cm³/mol. The average molecular weight is 976 g/mol. The van der Waals surface area contributed by atoms with E-state index < -0.39 is 30.1 Å². The van der Waals surface area contributed by atoms with Crippen molar-refractivity contribution < 1.29 is 25.3 Å². The van der Waals surface area contributed by atoms with Crippen LogP contribution in [0.1, 0.15) is 85.5 Å². The van der Waals surface area contributed by atoms with Crippen LogP contribution >= 0.6 is 11.3 Å². The summed E-state index contributed by atoms with van der Waals surface area (Å²) in [5.74, 6) is 0.336. The molecule has 0 radical (unpaired) electrons. The van der Waals surface area contributed by atoms with Gasteiger partial charge in [-0.3, -0.25) is 18.6 Å². The molecule has 0 saturated heterocycles. The van der Waals surface area contributed by atoms with Crippen LogP contribution in [0.25, 0.3) is 0 Å². The minimum atomic E-state index is -3.25. The molecule has 0 fully saturated rings. The van der Waals surface area contributed by atoms with Crippen LogP contribution in [0, 0.1) is 0 Å². The van der Waals surface area contributed by atoms with Crippen molar-refractivity contribution >= 4 is 63.9 Å². The van der Waals surface area contributed by atoms with Crippen molar-refractivity contribution in [2.75, 3.05) is 71.8 Å². The highest BCUT2D eigenvalue weighted by atomic mass is 32.2. The molecule has 0 bridgehead atoms. The summed E-state index contributed by atoms with van der Waals surface area (Å²) < 4.78 is 71.7. The highest BCUT2D eigenvalue weighted by Gasteiger charge is 2.16. The van der Waals surface area contributed by atoms with Gasteiger partial charge in [0.1, 0.15) is 0 Å². The highest BCUT2D eigenvalue weighted by Crippen LogP contribution is 2.18. The molecule has 0 aromatic carbocycles. The van der Waals surface area contributed by atoms with E-state index in [0.717, 1.165) is 44.9 Å². The summed E-state index contributed by atoms with van der Waals surface area (Å²) in [6.07, 6.45) is 10.0. The third-order valence-electron chi connectivity index (χ3n) is 8.43. The van der Waals surface area contributed by atoms with E-state index in [9.17, 15) is 25.3 Å². The van der Waals surface area contributed by atoms with Gasteiger partial charge in [-0.2, -0.15) is 0 Å². The summed E-state index contributed by atoms with van der Waals surface area (Å²) in [7, 11) is -1.16. The zero-order valence-corrected chi connectivity index (χ0v) is 43.2. The van der Waals surface area contributed by atoms with Crippen LogP contribution in [0.15, 0.2) is 48.4 Å². The molecule has 4 rings (SSSR count). The van der Waals surface area contributed by atoms with Gasteiger partial charge in [-0.15, -0.1) is 11.3 Å². The van der Waals surface area contributed by atoms with E-state index in [1.54, 1.807) is 48.3 Å². The zero-order valence-electron chi connectivity index (χ0n) is 39.9. The molecule has 0 aliphatic heterocycles. The molecule has 0 aliphatic carbocycles. The molecule has 5 N–H and O–H groups in total. The third kappa shape index (κ3) is 24.4. The Morgan fingerprint density at radius 2 is 1.09 bits per heavy atom. The van der Waals surface area contributed by atoms with Crippen LogP contribution in [-0.4, -0.2) is 128 Å². The number of nitrogens with one attached hydrogen (secondary N) is 5. The quantitative estimate of drug-likeness (QED) is 0.0865. The Morgan fingerprint density at radius 1 is 0.609 bits per heavy atom. The number of hydrogen-bond donors (Lipinski definition) is 5. The van der Waals surface area contributed by atoms with E-state index in [-0.39, 0.29) is 7.43 Å². The Kier molecular flexibility index (Phi) is 26.4. The number of aromatic nitrogens is 5. The van der Waals surface area contributed by atoms with Crippen molar-refractivity contribution in [3.05, 3.63) is 71.0 Å². The maximum Gasteiger partial charge on any atom is 0.234 e. The molecular weight excluding hydrogens is 899 g/mol. The second kappa shape index (κ2) is 28.2. The lowest BCUT2D eigenvalue weighted by molar-refractivity contribution is 0.581. The monoisotopic (exact) mass is 976 g/mol. The lowest BCUT2D eigenvalue weighted by atomic mass is 10.2. The van der Waals surface area contributed by atoms with E-state index in [1.165, 1.54) is 42.3 Å². The first-order valence-electron chi connectivity index (χ1n) is 20.3. The summed E-state index contributed by atoms with van der Waals surface area (Å²) in [6.45, 7) is 19.4. The van der Waals surface area contributed by atoms with Gasteiger partial charge in [0.2, 0.25) is 36.0 Å². The van der Waals surface area contributed by atoms with Crippen LogP contribution in [0.4, 0.5) is 22.5 Å². The lowest BCUT2D eigenvalue weighted by Gasteiger charge is -2.17. The molecule has 0 saturated carbocycles. The molecule has 4 aromatic rings. The minimum Gasteiger partial charge on any atom is -0.354 e. The van der Waals surface area contributed by atoms with Crippen molar-refractivity contribution in [1.82, 2.24) is 46.2 Å². The Labute approximate surface area is 389 Å². The number of hydrogen-bond acceptors (Lipinski definition) is 16. The number of sulfonamides is 3. The number of H-pyrrole nitrogens is 1. The number of pyridine rings is 2. The van der Waals surface area contributed by atoms with E-state index in [0.29, 0.717) is 61.1 Å². The molecule has 4 heterocycles. The summed E-state index contributed by atoms with van der Waals surface area (Å²) in [5, 5.41) is 16.2. The largest absolute Gasteiger partial charge is 0.354 e. The van der Waals surface area contributed by atoms with Crippen LogP contribution in [0.2, 0.25) is 0 Å². The molecule has 4 aromatic heterocycles. The van der Waals surface area contributed by atoms with Crippen molar-refractivity contribution in [2.24, 2.45) is 0 Å². The van der Waals surface area contributed by atoms with Crippen LogP contribution in [0.3, 0.4) is 0 Å². The zero-order chi connectivity index (χ0) is 48.3. The van der Waals surface area contributed by atoms with E-state index in [4.69, 9.17) is 0 Å². The summed E-state index contributed by atoms with van der Waals surface area (Å²) in [5.41, 5.74) is 4.98. The first kappa shape index (κ1) is 60.0. The van der Waals surface area contributed by atoms with E-state index in [1.807, 2.05) is 52.8 Å². The predicted octanol–water partition coefficient (Wildman–Crippen LogP) is 4.60. The van der Waals surface area contributed by atoms with Gasteiger partial charge in [-0.05, 0) is 23.8 Å². The number of rotatable bonds is 19. The topological polar surface area (TPSA) is 231 Å². The standard InChI is InChI=1S/2C11H19N3O2S.C9H18N4O2S.C9H17N3S.CH4/c1-9(2)13-7-10-5-11(8-12-6-10)14(3)17(4,15)16;1-9(2)13-8-10-7-11(5-6-12-10)14(3)17(4,15)16;1-7(2)10-5-8-6-11-9(12-8)13(3)16(4,14)15;1-7(2)10-5-8-6-13-9(11-8)12(3)4;/h5-6,8-9,13H,7H2,1-4H3;5-7,9,13H,8H2,1-4H3;6-7,10H,5H2,1-4H3,(H,11,12);6-7,10H,5H2,1-4H3;1H4. The van der Waals surface area contributed by atoms with Gasteiger partial charge in [0.05, 0.1) is 59.6 Å². The van der Waals surface area contributed by atoms with Crippen LogP contribution < -0.4 is 39.1 Å². The van der Waals surface area contributed by atoms with Gasteiger partial charge in [-0.1, -0.05) is 62.8 Å². The number of anilines is 4. The number of nitrogens with zero attached hydrogens (tertiary/aromatic N) is 8. The number of thiazole rings is 1. The van der Waals surface area contributed by atoms with Crippen molar-refractivity contribution in [1.29, 1.82) is 0 Å². The second-order valence-corrected chi connectivity index (χ2v) is 23.0. The van der Waals surface area contributed by atoms with Crippen molar-refractivity contribution in [3.8, 4) is 0 Å². The molecule has 19 nitrogen and oxygen atoms in total. The normalized spacial score (nSPS) is 11.5. The van der Waals surface area contributed by atoms with Crippen molar-refractivity contribution in [3.63, 3.8) is 0 Å². The molecule has 366 valence electrons. The number of aromatic amines is 1. The van der Waals surface area contributed by atoms with Gasteiger partial charge in [0.15, 0.2) is 5.13 Å². The Balaban J connectivity index is 0.000000826. The van der Waals surface area contributed by atoms with Gasteiger partial charge in [0.25, 0.3) is 0 Å². The van der Waals surface area contributed by atoms with E-state index in [2.05, 4.69) is 79.3 Å². The van der Waals surface area contributed by atoms with Gasteiger partial charge in [0, 0.05) is 103 Å². The van der Waals surface area contributed by atoms with Gasteiger partial charge >= 0.3 is 0 Å². The maximum atomic E-state index is 11.4. The fourth-order valence-electron chi connectivity index (χ4n) is 4.47. The van der Waals surface area contributed by atoms with Crippen molar-refractivity contribution in [2.45, 2.75) is 113 Å². The highest BCUT2D eigenvalue weighted by molar-refractivity contribution is 7.92. The summed E-state index contributed by atoms with van der Waals surface area (Å²) in [4.78, 5) is 21.7. The SMILES string of the molecule is C.CC(C)NCc1cc(N(C)S(C)(=O)=O)ccn1.CC(C)NCc1cnc(N(C)S(C)(=O)=O)[nH]1.CC(C)NCc1cncc(N(C)S(C)(=O)=O)c1.CC(C)NCc1csc(N(C)C)n1. The van der Waals surface area contributed by atoms with E-state index >= 15 is 0 Å². The third-order valence-corrected chi connectivity index (χ3v) is 13.1. The Bertz CT molecular complexity index is 2180. The molecule has 23 heteroatoms. The van der Waals surface area contributed by atoms with Gasteiger partial charge in [-0.25, -0.2) is 39.5 Å². The lowest BCUT2D eigenvalue weighted by Crippen LogP contribution is -2.26. The molecule has 0 aliphatic rings. The fraction of sp³-hybridized carbons (Fsp3) is 0.610. The fourth-order valence-corrected chi connectivity index (χ4v) is 6.62. The van der Waals surface area contributed by atoms with Crippen LogP contribution in [-0.2, 0) is 56.2 Å². The smallest absolute Gasteiger partial charge is 0.234 e. The first-order chi connectivity index (χ1) is 29.0. The molecule has 0 spiro atoms. The molecule has 0 atom stereocenters. The van der Waals surface area contributed by atoms with Gasteiger partial charge < -0.3 is 31.2 Å². The molecular formula is C41H77N13O6S4.